The molecule has 0 aliphatic heterocycles. The second-order valence-corrected chi connectivity index (χ2v) is 4.05. The Bertz CT molecular complexity index is 531. The number of carbonyl (C=O) groups excluding carboxylic acids is 1. The van der Waals surface area contributed by atoms with Crippen molar-refractivity contribution in [2.45, 2.75) is 25.9 Å². The molecule has 1 N–H and O–H groups in total. The number of rotatable bonds is 4. The molecule has 0 fully saturated rings. The number of aliphatic hydroxyl groups is 1. The predicted octanol–water partition coefficient (Wildman–Crippen LogP) is 2.12. The van der Waals surface area contributed by atoms with Gasteiger partial charge in [-0.25, -0.2) is 0 Å². The normalized spacial score (nSPS) is 12.6. The van der Waals surface area contributed by atoms with Gasteiger partial charge >= 0.3 is 0 Å². The average molecular weight is 229 g/mol. The molecule has 0 saturated heterocycles. The maximum atomic E-state index is 11.7. The quantitative estimate of drug-likeness (QED) is 0.873. The standard InChI is InChI=1S/C14H15NO2/c1-2-13(16)14(17)9-10-7-8-15-12-6-4-3-5-11(10)12/h3-8,13,16H,2,9H2,1H3. The lowest BCUT2D eigenvalue weighted by atomic mass is 10.0. The summed E-state index contributed by atoms with van der Waals surface area (Å²) in [4.78, 5) is 16.0. The highest BCUT2D eigenvalue weighted by Crippen LogP contribution is 2.17. The third kappa shape index (κ3) is 2.50. The van der Waals surface area contributed by atoms with E-state index in [1.165, 1.54) is 0 Å². The van der Waals surface area contributed by atoms with Crippen LogP contribution < -0.4 is 0 Å². The minimum absolute atomic E-state index is 0.135. The third-order valence-corrected chi connectivity index (χ3v) is 2.86. The lowest BCUT2D eigenvalue weighted by Crippen LogP contribution is -2.21. The highest BCUT2D eigenvalue weighted by atomic mass is 16.3. The molecule has 1 unspecified atom stereocenters. The van der Waals surface area contributed by atoms with Gasteiger partial charge in [-0.1, -0.05) is 25.1 Å². The summed E-state index contributed by atoms with van der Waals surface area (Å²) in [6.07, 6.45) is 1.56. The number of Topliss-reactive ketones (excluding diaryl/α,β-unsaturated/α-hetero) is 1. The van der Waals surface area contributed by atoms with E-state index >= 15 is 0 Å². The average Bonchev–Trinajstić information content (AvgIpc) is 2.38. The highest BCUT2D eigenvalue weighted by molar-refractivity contribution is 5.90. The van der Waals surface area contributed by atoms with E-state index in [2.05, 4.69) is 4.98 Å². The number of hydrogen-bond acceptors (Lipinski definition) is 3. The predicted molar refractivity (Wildman–Crippen MR) is 66.8 cm³/mol. The largest absolute Gasteiger partial charge is 0.385 e. The highest BCUT2D eigenvalue weighted by Gasteiger charge is 2.14. The first-order valence-electron chi connectivity index (χ1n) is 5.75. The molecule has 1 atom stereocenters. The first kappa shape index (κ1) is 11.7. The van der Waals surface area contributed by atoms with Crippen molar-refractivity contribution < 1.29 is 9.90 Å². The van der Waals surface area contributed by atoms with Crippen molar-refractivity contribution in [2.24, 2.45) is 0 Å². The van der Waals surface area contributed by atoms with Crippen LogP contribution in [0, 0.1) is 0 Å². The number of nitrogens with zero attached hydrogens (tertiary/aromatic N) is 1. The molecule has 17 heavy (non-hydrogen) atoms. The number of fused-ring (bicyclic) bond motifs is 1. The Labute approximate surface area is 100 Å². The smallest absolute Gasteiger partial charge is 0.165 e. The van der Waals surface area contributed by atoms with Gasteiger partial charge in [-0.05, 0) is 24.1 Å². The Balaban J connectivity index is 2.33. The van der Waals surface area contributed by atoms with Crippen molar-refractivity contribution in [1.82, 2.24) is 4.98 Å². The van der Waals surface area contributed by atoms with E-state index in [4.69, 9.17) is 0 Å². The Kier molecular flexibility index (Phi) is 3.49. The second-order valence-electron chi connectivity index (χ2n) is 4.05. The summed E-state index contributed by atoms with van der Waals surface area (Å²) in [5.41, 5.74) is 1.80. The summed E-state index contributed by atoms with van der Waals surface area (Å²) < 4.78 is 0. The molecule has 2 aromatic rings. The van der Waals surface area contributed by atoms with Gasteiger partial charge in [0.2, 0.25) is 0 Å². The van der Waals surface area contributed by atoms with Crippen LogP contribution in [-0.4, -0.2) is 22.0 Å². The van der Waals surface area contributed by atoms with Crippen LogP contribution in [0.5, 0.6) is 0 Å². The summed E-state index contributed by atoms with van der Waals surface area (Å²) in [6.45, 7) is 1.80. The lowest BCUT2D eigenvalue weighted by molar-refractivity contribution is -0.126. The van der Waals surface area contributed by atoms with Crippen molar-refractivity contribution in [2.75, 3.05) is 0 Å². The number of hydrogen-bond donors (Lipinski definition) is 1. The minimum Gasteiger partial charge on any atom is -0.385 e. The Morgan fingerprint density at radius 2 is 2.12 bits per heavy atom. The molecule has 2 rings (SSSR count). The maximum Gasteiger partial charge on any atom is 0.165 e. The first-order valence-corrected chi connectivity index (χ1v) is 5.75. The number of pyridine rings is 1. The van der Waals surface area contributed by atoms with Crippen molar-refractivity contribution in [3.63, 3.8) is 0 Å². The van der Waals surface area contributed by atoms with E-state index in [-0.39, 0.29) is 12.2 Å². The molecule has 3 nitrogen and oxygen atoms in total. The van der Waals surface area contributed by atoms with E-state index < -0.39 is 6.10 Å². The van der Waals surface area contributed by atoms with Crippen molar-refractivity contribution in [3.05, 3.63) is 42.1 Å². The van der Waals surface area contributed by atoms with Crippen LogP contribution in [0.15, 0.2) is 36.5 Å². The summed E-state index contributed by atoms with van der Waals surface area (Å²) in [5.74, 6) is -0.135. The topological polar surface area (TPSA) is 50.2 Å². The van der Waals surface area contributed by atoms with Gasteiger partial charge in [0, 0.05) is 18.0 Å². The number of para-hydroxylation sites is 1. The van der Waals surface area contributed by atoms with Gasteiger partial charge in [0.05, 0.1) is 5.52 Å². The molecular weight excluding hydrogens is 214 g/mol. The summed E-state index contributed by atoms with van der Waals surface area (Å²) in [6, 6.07) is 9.54. The molecule has 3 heteroatoms. The van der Waals surface area contributed by atoms with Gasteiger partial charge in [-0.2, -0.15) is 0 Å². The molecule has 0 aliphatic carbocycles. The molecule has 1 heterocycles. The molecule has 1 aromatic carbocycles. The molecular formula is C14H15NO2. The lowest BCUT2D eigenvalue weighted by Gasteiger charge is -2.08. The van der Waals surface area contributed by atoms with E-state index in [9.17, 15) is 9.90 Å². The van der Waals surface area contributed by atoms with Crippen LogP contribution in [0.3, 0.4) is 0 Å². The van der Waals surface area contributed by atoms with E-state index in [1.54, 1.807) is 13.1 Å². The van der Waals surface area contributed by atoms with Gasteiger partial charge in [0.1, 0.15) is 6.10 Å². The molecule has 0 saturated carbocycles. The monoisotopic (exact) mass is 229 g/mol. The van der Waals surface area contributed by atoms with Gasteiger partial charge in [-0.15, -0.1) is 0 Å². The number of benzene rings is 1. The Morgan fingerprint density at radius 1 is 1.35 bits per heavy atom. The van der Waals surface area contributed by atoms with Gasteiger partial charge in [0.25, 0.3) is 0 Å². The molecule has 0 radical (unpaired) electrons. The number of aliphatic hydroxyl groups excluding tert-OH is 1. The van der Waals surface area contributed by atoms with Crippen LogP contribution in [-0.2, 0) is 11.2 Å². The zero-order valence-corrected chi connectivity index (χ0v) is 9.76. The number of carbonyl (C=O) groups is 1. The van der Waals surface area contributed by atoms with Crippen LogP contribution in [0.1, 0.15) is 18.9 Å². The molecule has 0 bridgehead atoms. The van der Waals surface area contributed by atoms with Gasteiger partial charge in [-0.3, -0.25) is 9.78 Å². The summed E-state index contributed by atoms with van der Waals surface area (Å²) >= 11 is 0. The second kappa shape index (κ2) is 5.06. The van der Waals surface area contributed by atoms with Gasteiger partial charge in [0.15, 0.2) is 5.78 Å². The summed E-state index contributed by atoms with van der Waals surface area (Å²) in [7, 11) is 0. The molecule has 0 amide bonds. The summed E-state index contributed by atoms with van der Waals surface area (Å²) in [5, 5.41) is 10.5. The van der Waals surface area contributed by atoms with E-state index in [0.717, 1.165) is 16.5 Å². The van der Waals surface area contributed by atoms with Crippen molar-refractivity contribution in [3.8, 4) is 0 Å². The molecule has 88 valence electrons. The van der Waals surface area contributed by atoms with Gasteiger partial charge < -0.3 is 5.11 Å². The van der Waals surface area contributed by atoms with Crippen LogP contribution in [0.25, 0.3) is 10.9 Å². The first-order chi connectivity index (χ1) is 8.22. The zero-order valence-electron chi connectivity index (χ0n) is 9.76. The van der Waals surface area contributed by atoms with Crippen molar-refractivity contribution in [1.29, 1.82) is 0 Å². The van der Waals surface area contributed by atoms with Crippen molar-refractivity contribution >= 4 is 16.7 Å². The minimum atomic E-state index is -0.859. The number of aromatic nitrogens is 1. The van der Waals surface area contributed by atoms with E-state index in [1.807, 2.05) is 30.3 Å². The van der Waals surface area contributed by atoms with Crippen LogP contribution >= 0.6 is 0 Å². The Morgan fingerprint density at radius 3 is 2.88 bits per heavy atom. The fraction of sp³-hybridized carbons (Fsp3) is 0.286. The zero-order chi connectivity index (χ0) is 12.3. The SMILES string of the molecule is CCC(O)C(=O)Cc1ccnc2ccccc12. The molecule has 0 aliphatic rings. The molecule has 0 spiro atoms. The Hall–Kier alpha value is -1.74. The fourth-order valence-electron chi connectivity index (χ4n) is 1.84. The van der Waals surface area contributed by atoms with Crippen LogP contribution in [0.4, 0.5) is 0 Å². The van der Waals surface area contributed by atoms with E-state index in [0.29, 0.717) is 6.42 Å². The number of ketones is 1. The fourth-order valence-corrected chi connectivity index (χ4v) is 1.84. The molecule has 1 aromatic heterocycles. The van der Waals surface area contributed by atoms with Crippen LogP contribution in [0.2, 0.25) is 0 Å². The maximum absolute atomic E-state index is 11.7. The third-order valence-electron chi connectivity index (χ3n) is 2.86.